The van der Waals surface area contributed by atoms with Crippen molar-refractivity contribution in [3.05, 3.63) is 38.5 Å². The van der Waals surface area contributed by atoms with Gasteiger partial charge in [-0.25, -0.2) is 4.98 Å². The fourth-order valence-electron chi connectivity index (χ4n) is 1.48. The van der Waals surface area contributed by atoms with Gasteiger partial charge >= 0.3 is 0 Å². The van der Waals surface area contributed by atoms with Gasteiger partial charge in [0.1, 0.15) is 0 Å². The molecular weight excluding hydrogens is 252 g/mol. The third-order valence-electron chi connectivity index (χ3n) is 2.44. The van der Waals surface area contributed by atoms with E-state index in [2.05, 4.69) is 21.7 Å². The van der Waals surface area contributed by atoms with Crippen LogP contribution in [0.15, 0.2) is 23.0 Å². The van der Waals surface area contributed by atoms with Gasteiger partial charge in [0.2, 0.25) is 5.91 Å². The first kappa shape index (κ1) is 12.3. The van der Waals surface area contributed by atoms with Crippen molar-refractivity contribution in [2.24, 2.45) is 0 Å². The van der Waals surface area contributed by atoms with Gasteiger partial charge in [-0.3, -0.25) is 4.79 Å². The van der Waals surface area contributed by atoms with Gasteiger partial charge in [0.25, 0.3) is 0 Å². The van der Waals surface area contributed by atoms with E-state index in [0.717, 1.165) is 17.0 Å². The van der Waals surface area contributed by atoms with Crippen molar-refractivity contribution < 1.29 is 4.79 Å². The molecular formula is C12H14N2OS2. The van der Waals surface area contributed by atoms with Crippen LogP contribution in [0, 0.1) is 6.92 Å². The van der Waals surface area contributed by atoms with Gasteiger partial charge in [0, 0.05) is 16.3 Å². The van der Waals surface area contributed by atoms with Crippen LogP contribution in [0.25, 0.3) is 0 Å². The normalized spacial score (nSPS) is 10.4. The van der Waals surface area contributed by atoms with Crippen molar-refractivity contribution in [2.75, 3.05) is 6.54 Å². The molecule has 2 heterocycles. The highest BCUT2D eigenvalue weighted by molar-refractivity contribution is 7.10. The first-order chi connectivity index (χ1) is 8.25. The number of nitrogens with zero attached hydrogens (tertiary/aromatic N) is 1. The summed E-state index contributed by atoms with van der Waals surface area (Å²) in [6, 6.07) is 4.12. The highest BCUT2D eigenvalue weighted by atomic mass is 32.1. The van der Waals surface area contributed by atoms with Crippen LogP contribution in [0.4, 0.5) is 0 Å². The van der Waals surface area contributed by atoms with E-state index in [1.54, 1.807) is 16.8 Å². The molecule has 2 aromatic rings. The average molecular weight is 266 g/mol. The summed E-state index contributed by atoms with van der Waals surface area (Å²) < 4.78 is 0. The molecule has 1 N–H and O–H groups in total. The van der Waals surface area contributed by atoms with Crippen molar-refractivity contribution in [3.8, 4) is 0 Å². The van der Waals surface area contributed by atoms with Crippen LogP contribution in [0.5, 0.6) is 0 Å². The molecule has 0 saturated heterocycles. The second kappa shape index (κ2) is 5.93. The molecule has 0 atom stereocenters. The van der Waals surface area contributed by atoms with Crippen LogP contribution in [-0.4, -0.2) is 17.4 Å². The van der Waals surface area contributed by atoms with Crippen LogP contribution in [0.2, 0.25) is 0 Å². The third kappa shape index (κ3) is 3.64. The molecule has 0 fully saturated rings. The SMILES string of the molecule is Cc1ncsc1CC(=O)NCCc1cccs1. The molecule has 0 aliphatic carbocycles. The summed E-state index contributed by atoms with van der Waals surface area (Å²) in [7, 11) is 0. The van der Waals surface area contributed by atoms with E-state index < -0.39 is 0 Å². The van der Waals surface area contributed by atoms with Crippen LogP contribution < -0.4 is 5.32 Å². The Morgan fingerprint density at radius 2 is 2.35 bits per heavy atom. The largest absolute Gasteiger partial charge is 0.355 e. The Hall–Kier alpha value is -1.20. The molecule has 3 nitrogen and oxygen atoms in total. The first-order valence-corrected chi connectivity index (χ1v) is 7.19. The fraction of sp³-hybridized carbons (Fsp3) is 0.333. The lowest BCUT2D eigenvalue weighted by Gasteiger charge is -2.03. The van der Waals surface area contributed by atoms with E-state index in [4.69, 9.17) is 0 Å². The van der Waals surface area contributed by atoms with Crippen LogP contribution >= 0.6 is 22.7 Å². The molecule has 0 radical (unpaired) electrons. The monoisotopic (exact) mass is 266 g/mol. The number of aryl methyl sites for hydroxylation is 1. The number of thiazole rings is 1. The van der Waals surface area contributed by atoms with Gasteiger partial charge in [0.05, 0.1) is 17.6 Å². The van der Waals surface area contributed by atoms with Gasteiger partial charge in [0.15, 0.2) is 0 Å². The zero-order chi connectivity index (χ0) is 12.1. The number of aromatic nitrogens is 1. The summed E-state index contributed by atoms with van der Waals surface area (Å²) in [6.45, 7) is 2.64. The lowest BCUT2D eigenvalue weighted by atomic mass is 10.3. The second-order valence-electron chi connectivity index (χ2n) is 3.72. The Labute approximate surface area is 109 Å². The molecule has 1 amide bonds. The van der Waals surface area contributed by atoms with Gasteiger partial charge in [-0.15, -0.1) is 22.7 Å². The van der Waals surface area contributed by atoms with Crippen LogP contribution in [0.1, 0.15) is 15.4 Å². The van der Waals surface area contributed by atoms with Crippen molar-refractivity contribution >= 4 is 28.6 Å². The Morgan fingerprint density at radius 3 is 3.00 bits per heavy atom. The van der Waals surface area contributed by atoms with Crippen molar-refractivity contribution in [1.29, 1.82) is 0 Å². The number of carbonyl (C=O) groups is 1. The Bertz CT molecular complexity index is 476. The Morgan fingerprint density at radius 1 is 1.47 bits per heavy atom. The Balaban J connectivity index is 1.73. The summed E-state index contributed by atoms with van der Waals surface area (Å²) in [4.78, 5) is 18.2. The highest BCUT2D eigenvalue weighted by Gasteiger charge is 2.07. The quantitative estimate of drug-likeness (QED) is 0.903. The van der Waals surface area contributed by atoms with Gasteiger partial charge in [-0.05, 0) is 24.8 Å². The summed E-state index contributed by atoms with van der Waals surface area (Å²) >= 11 is 3.26. The highest BCUT2D eigenvalue weighted by Crippen LogP contribution is 2.12. The lowest BCUT2D eigenvalue weighted by Crippen LogP contribution is -2.27. The molecule has 0 aromatic carbocycles. The molecule has 0 spiro atoms. The summed E-state index contributed by atoms with van der Waals surface area (Å²) in [5.41, 5.74) is 2.74. The predicted molar refractivity (Wildman–Crippen MR) is 71.6 cm³/mol. The minimum Gasteiger partial charge on any atom is -0.355 e. The standard InChI is InChI=1S/C12H14N2OS2/c1-9-11(17-8-14-9)7-12(15)13-5-4-10-3-2-6-16-10/h2-3,6,8H,4-5,7H2,1H3,(H,13,15). The van der Waals surface area contributed by atoms with E-state index >= 15 is 0 Å². The van der Waals surface area contributed by atoms with E-state index in [1.807, 2.05) is 13.0 Å². The van der Waals surface area contributed by atoms with Gasteiger partial charge in [-0.2, -0.15) is 0 Å². The van der Waals surface area contributed by atoms with Crippen LogP contribution in [0.3, 0.4) is 0 Å². The zero-order valence-corrected chi connectivity index (χ0v) is 11.2. The second-order valence-corrected chi connectivity index (χ2v) is 5.69. The number of carbonyl (C=O) groups excluding carboxylic acids is 1. The summed E-state index contributed by atoms with van der Waals surface area (Å²) in [5, 5.41) is 4.99. The van der Waals surface area contributed by atoms with E-state index in [9.17, 15) is 4.79 Å². The predicted octanol–water partition coefficient (Wildman–Crippen LogP) is 2.41. The van der Waals surface area contributed by atoms with Crippen molar-refractivity contribution in [2.45, 2.75) is 19.8 Å². The molecule has 2 aromatic heterocycles. The molecule has 2 rings (SSSR count). The number of hydrogen-bond acceptors (Lipinski definition) is 4. The molecule has 0 aliphatic heterocycles. The van der Waals surface area contributed by atoms with E-state index in [0.29, 0.717) is 13.0 Å². The van der Waals surface area contributed by atoms with Crippen molar-refractivity contribution in [1.82, 2.24) is 10.3 Å². The first-order valence-electron chi connectivity index (χ1n) is 5.44. The topological polar surface area (TPSA) is 42.0 Å². The fourth-order valence-corrected chi connectivity index (χ4v) is 2.97. The molecule has 17 heavy (non-hydrogen) atoms. The maximum absolute atomic E-state index is 11.7. The lowest BCUT2D eigenvalue weighted by molar-refractivity contribution is -0.120. The maximum atomic E-state index is 11.7. The average Bonchev–Trinajstić information content (AvgIpc) is 2.92. The van der Waals surface area contributed by atoms with Gasteiger partial charge < -0.3 is 5.32 Å². The molecule has 0 saturated carbocycles. The molecule has 5 heteroatoms. The minimum atomic E-state index is 0.0777. The van der Waals surface area contributed by atoms with E-state index in [-0.39, 0.29) is 5.91 Å². The molecule has 0 unspecified atom stereocenters. The zero-order valence-electron chi connectivity index (χ0n) is 9.60. The van der Waals surface area contributed by atoms with E-state index in [1.165, 1.54) is 16.2 Å². The number of amides is 1. The molecule has 0 bridgehead atoms. The molecule has 90 valence electrons. The number of nitrogens with one attached hydrogen (secondary N) is 1. The molecule has 0 aliphatic rings. The summed E-state index contributed by atoms with van der Waals surface area (Å²) in [6.07, 6.45) is 1.35. The number of hydrogen-bond donors (Lipinski definition) is 1. The maximum Gasteiger partial charge on any atom is 0.225 e. The smallest absolute Gasteiger partial charge is 0.225 e. The Kier molecular flexibility index (Phi) is 4.28. The summed E-state index contributed by atoms with van der Waals surface area (Å²) in [5.74, 6) is 0.0777. The minimum absolute atomic E-state index is 0.0777. The number of thiophene rings is 1. The van der Waals surface area contributed by atoms with Gasteiger partial charge in [-0.1, -0.05) is 6.07 Å². The van der Waals surface area contributed by atoms with Crippen molar-refractivity contribution in [3.63, 3.8) is 0 Å². The third-order valence-corrected chi connectivity index (χ3v) is 4.31. The number of rotatable bonds is 5. The van der Waals surface area contributed by atoms with Crippen LogP contribution in [-0.2, 0) is 17.6 Å².